The molecule has 2 atom stereocenters. The number of piperidine rings is 1. The SMILES string of the molecule is O=C(O)C1CCCN(C2CCCOCC2)C1. The van der Waals surface area contributed by atoms with Gasteiger partial charge in [-0.2, -0.15) is 0 Å². The lowest BCUT2D eigenvalue weighted by molar-refractivity contribution is -0.144. The number of aliphatic carboxylic acids is 1. The lowest BCUT2D eigenvalue weighted by atomic mass is 9.95. The van der Waals surface area contributed by atoms with Gasteiger partial charge in [-0.15, -0.1) is 0 Å². The molecule has 4 heteroatoms. The van der Waals surface area contributed by atoms with E-state index in [2.05, 4.69) is 4.90 Å². The summed E-state index contributed by atoms with van der Waals surface area (Å²) in [6, 6.07) is 0.546. The Morgan fingerprint density at radius 2 is 2.06 bits per heavy atom. The van der Waals surface area contributed by atoms with Gasteiger partial charge in [0.1, 0.15) is 0 Å². The van der Waals surface area contributed by atoms with Crippen LogP contribution in [0.1, 0.15) is 32.1 Å². The smallest absolute Gasteiger partial charge is 0.307 e. The summed E-state index contributed by atoms with van der Waals surface area (Å²) < 4.78 is 5.45. The molecule has 16 heavy (non-hydrogen) atoms. The molecule has 2 aliphatic rings. The zero-order valence-corrected chi connectivity index (χ0v) is 9.73. The number of hydrogen-bond donors (Lipinski definition) is 1. The molecule has 0 amide bonds. The third-order valence-corrected chi connectivity index (χ3v) is 3.74. The molecular formula is C12H21NO3. The van der Waals surface area contributed by atoms with Crippen LogP contribution in [0.15, 0.2) is 0 Å². The van der Waals surface area contributed by atoms with Crippen molar-refractivity contribution in [1.29, 1.82) is 0 Å². The number of carboxylic acid groups (broad SMARTS) is 1. The maximum Gasteiger partial charge on any atom is 0.307 e. The molecule has 2 aliphatic heterocycles. The molecule has 0 bridgehead atoms. The van der Waals surface area contributed by atoms with Crippen molar-refractivity contribution in [2.45, 2.75) is 38.1 Å². The van der Waals surface area contributed by atoms with Gasteiger partial charge in [-0.1, -0.05) is 0 Å². The Morgan fingerprint density at radius 1 is 1.19 bits per heavy atom. The first kappa shape index (κ1) is 11.9. The summed E-state index contributed by atoms with van der Waals surface area (Å²) in [6.07, 6.45) is 5.20. The summed E-state index contributed by atoms with van der Waals surface area (Å²) in [7, 11) is 0. The quantitative estimate of drug-likeness (QED) is 0.773. The summed E-state index contributed by atoms with van der Waals surface area (Å²) in [5.74, 6) is -0.785. The van der Waals surface area contributed by atoms with Gasteiger partial charge in [-0.3, -0.25) is 9.69 Å². The molecule has 2 rings (SSSR count). The standard InChI is InChI=1S/C12H21NO3/c14-12(15)10-3-1-6-13(9-10)11-4-2-7-16-8-5-11/h10-11H,1-9H2,(H,14,15). The summed E-state index contributed by atoms with van der Waals surface area (Å²) in [4.78, 5) is 13.4. The van der Waals surface area contributed by atoms with Crippen molar-refractivity contribution >= 4 is 5.97 Å². The normalized spacial score (nSPS) is 33.2. The van der Waals surface area contributed by atoms with Crippen LogP contribution in [-0.2, 0) is 9.53 Å². The van der Waals surface area contributed by atoms with Gasteiger partial charge in [0.15, 0.2) is 0 Å². The number of hydrogen-bond acceptors (Lipinski definition) is 3. The molecule has 2 unspecified atom stereocenters. The number of ether oxygens (including phenoxy) is 1. The van der Waals surface area contributed by atoms with Crippen LogP contribution >= 0.6 is 0 Å². The first-order chi connectivity index (χ1) is 7.77. The van der Waals surface area contributed by atoms with Crippen molar-refractivity contribution in [3.8, 4) is 0 Å². The minimum atomic E-state index is -0.630. The zero-order valence-electron chi connectivity index (χ0n) is 9.73. The summed E-state index contributed by atoms with van der Waals surface area (Å²) >= 11 is 0. The highest BCUT2D eigenvalue weighted by atomic mass is 16.5. The zero-order chi connectivity index (χ0) is 11.4. The first-order valence-electron chi connectivity index (χ1n) is 6.32. The minimum absolute atomic E-state index is 0.155. The molecule has 0 aliphatic carbocycles. The Morgan fingerprint density at radius 3 is 2.88 bits per heavy atom. The van der Waals surface area contributed by atoms with Crippen molar-refractivity contribution in [2.24, 2.45) is 5.92 Å². The van der Waals surface area contributed by atoms with Crippen LogP contribution in [0.4, 0.5) is 0 Å². The van der Waals surface area contributed by atoms with E-state index >= 15 is 0 Å². The van der Waals surface area contributed by atoms with E-state index in [1.165, 1.54) is 0 Å². The van der Waals surface area contributed by atoms with Crippen molar-refractivity contribution in [1.82, 2.24) is 4.90 Å². The van der Waals surface area contributed by atoms with Gasteiger partial charge in [-0.25, -0.2) is 0 Å². The van der Waals surface area contributed by atoms with Crippen LogP contribution in [0.2, 0.25) is 0 Å². The average Bonchev–Trinajstić information content (AvgIpc) is 2.57. The Kier molecular flexibility index (Phi) is 4.18. The van der Waals surface area contributed by atoms with Crippen molar-refractivity contribution in [3.63, 3.8) is 0 Å². The number of nitrogens with zero attached hydrogens (tertiary/aromatic N) is 1. The average molecular weight is 227 g/mol. The second-order valence-electron chi connectivity index (χ2n) is 4.87. The molecule has 4 nitrogen and oxygen atoms in total. The van der Waals surface area contributed by atoms with Gasteiger partial charge in [0.05, 0.1) is 5.92 Å². The van der Waals surface area contributed by atoms with Crippen LogP contribution in [-0.4, -0.2) is 48.3 Å². The van der Waals surface area contributed by atoms with Crippen LogP contribution in [0.3, 0.4) is 0 Å². The van der Waals surface area contributed by atoms with Crippen molar-refractivity contribution in [2.75, 3.05) is 26.3 Å². The number of likely N-dealkylation sites (tertiary alicyclic amines) is 1. The topological polar surface area (TPSA) is 49.8 Å². The lowest BCUT2D eigenvalue weighted by Gasteiger charge is -2.36. The van der Waals surface area contributed by atoms with Gasteiger partial charge >= 0.3 is 5.97 Å². The highest BCUT2D eigenvalue weighted by Gasteiger charge is 2.29. The molecule has 0 aromatic rings. The molecule has 0 spiro atoms. The summed E-state index contributed by atoms with van der Waals surface area (Å²) in [5, 5.41) is 9.06. The van der Waals surface area contributed by atoms with E-state index in [4.69, 9.17) is 9.84 Å². The largest absolute Gasteiger partial charge is 0.481 e. The molecule has 0 aromatic heterocycles. The Bertz CT molecular complexity index is 236. The number of carbonyl (C=O) groups is 1. The minimum Gasteiger partial charge on any atom is -0.481 e. The molecule has 2 fully saturated rings. The second-order valence-corrected chi connectivity index (χ2v) is 4.87. The highest BCUT2D eigenvalue weighted by Crippen LogP contribution is 2.23. The maximum atomic E-state index is 11.0. The molecule has 2 heterocycles. The van der Waals surface area contributed by atoms with E-state index in [-0.39, 0.29) is 5.92 Å². The van der Waals surface area contributed by atoms with Crippen molar-refractivity contribution in [3.05, 3.63) is 0 Å². The van der Waals surface area contributed by atoms with E-state index in [1.54, 1.807) is 0 Å². The molecule has 0 radical (unpaired) electrons. The second kappa shape index (κ2) is 5.64. The molecule has 0 aromatic carbocycles. The maximum absolute atomic E-state index is 11.0. The Hall–Kier alpha value is -0.610. The molecule has 0 saturated carbocycles. The predicted molar refractivity (Wildman–Crippen MR) is 60.4 cm³/mol. The van der Waals surface area contributed by atoms with E-state index in [0.29, 0.717) is 6.04 Å². The van der Waals surface area contributed by atoms with Gasteiger partial charge in [-0.05, 0) is 38.6 Å². The van der Waals surface area contributed by atoms with Gasteiger partial charge < -0.3 is 9.84 Å². The fourth-order valence-corrected chi connectivity index (χ4v) is 2.79. The molecule has 92 valence electrons. The van der Waals surface area contributed by atoms with Gasteiger partial charge in [0.2, 0.25) is 0 Å². The van der Waals surface area contributed by atoms with E-state index in [9.17, 15) is 4.79 Å². The number of carboxylic acids is 1. The van der Waals surface area contributed by atoms with Gasteiger partial charge in [0.25, 0.3) is 0 Å². The van der Waals surface area contributed by atoms with E-state index < -0.39 is 5.97 Å². The van der Waals surface area contributed by atoms with Crippen LogP contribution < -0.4 is 0 Å². The van der Waals surface area contributed by atoms with E-state index in [0.717, 1.165) is 58.4 Å². The van der Waals surface area contributed by atoms with Crippen LogP contribution in [0, 0.1) is 5.92 Å². The highest BCUT2D eigenvalue weighted by molar-refractivity contribution is 5.70. The first-order valence-corrected chi connectivity index (χ1v) is 6.32. The molecule has 1 N–H and O–H groups in total. The Labute approximate surface area is 96.6 Å². The monoisotopic (exact) mass is 227 g/mol. The third-order valence-electron chi connectivity index (χ3n) is 3.74. The van der Waals surface area contributed by atoms with Gasteiger partial charge in [0, 0.05) is 25.8 Å². The van der Waals surface area contributed by atoms with Crippen molar-refractivity contribution < 1.29 is 14.6 Å². The van der Waals surface area contributed by atoms with Crippen LogP contribution in [0.25, 0.3) is 0 Å². The Balaban J connectivity index is 1.89. The third kappa shape index (κ3) is 2.95. The number of rotatable bonds is 2. The summed E-state index contributed by atoms with van der Waals surface area (Å²) in [6.45, 7) is 3.50. The lowest BCUT2D eigenvalue weighted by Crippen LogP contribution is -2.44. The molecular weight excluding hydrogens is 206 g/mol. The van der Waals surface area contributed by atoms with E-state index in [1.807, 2.05) is 0 Å². The van der Waals surface area contributed by atoms with Crippen LogP contribution in [0.5, 0.6) is 0 Å². The molecule has 2 saturated heterocycles. The summed E-state index contributed by atoms with van der Waals surface area (Å²) in [5.41, 5.74) is 0. The predicted octanol–water partition coefficient (Wildman–Crippen LogP) is 1.35. The fourth-order valence-electron chi connectivity index (χ4n) is 2.79. The fraction of sp³-hybridized carbons (Fsp3) is 0.917.